The molecule has 0 unspecified atom stereocenters. The molecule has 4 nitrogen and oxygen atoms in total. The molecule has 0 amide bonds. The molecule has 0 bridgehead atoms. The molecule has 0 aliphatic heterocycles. The van der Waals surface area contributed by atoms with Crippen molar-refractivity contribution < 1.29 is 17.6 Å². The van der Waals surface area contributed by atoms with Crippen molar-refractivity contribution in [3.8, 4) is 22.7 Å². The number of halogens is 4. The number of rotatable bonds is 4. The quantitative estimate of drug-likeness (QED) is 0.457. The number of alkyl halides is 3. The number of hydrogen-bond acceptors (Lipinski definition) is 5. The summed E-state index contributed by atoms with van der Waals surface area (Å²) in [5, 5.41) is 0.228. The minimum absolute atomic E-state index is 0.108. The predicted octanol–water partition coefficient (Wildman–Crippen LogP) is 6.93. The van der Waals surface area contributed by atoms with Gasteiger partial charge in [-0.3, -0.25) is 4.98 Å². The molecule has 2 aromatic heterocycles. The van der Waals surface area contributed by atoms with Gasteiger partial charge in [-0.2, -0.15) is 13.2 Å². The highest BCUT2D eigenvalue weighted by Gasteiger charge is 2.29. The first-order valence-corrected chi connectivity index (χ1v) is 9.45. The van der Waals surface area contributed by atoms with Gasteiger partial charge in [0.25, 0.3) is 0 Å². The zero-order valence-electron chi connectivity index (χ0n) is 15.3. The van der Waals surface area contributed by atoms with Crippen LogP contribution in [0.25, 0.3) is 22.7 Å². The van der Waals surface area contributed by atoms with E-state index in [9.17, 15) is 13.2 Å². The first-order chi connectivity index (χ1) is 13.0. The van der Waals surface area contributed by atoms with Crippen molar-refractivity contribution >= 4 is 29.2 Å². The van der Waals surface area contributed by atoms with E-state index in [0.29, 0.717) is 11.3 Å². The molecule has 0 saturated heterocycles. The molecular weight excluding hydrogens is 411 g/mol. The lowest BCUT2D eigenvalue weighted by Crippen LogP contribution is -2.13. The van der Waals surface area contributed by atoms with E-state index in [1.54, 1.807) is 12.3 Å². The van der Waals surface area contributed by atoms with Gasteiger partial charge in [-0.1, -0.05) is 32.4 Å². The lowest BCUT2D eigenvalue weighted by molar-refractivity contribution is -0.0323. The Balaban J connectivity index is 1.84. The van der Waals surface area contributed by atoms with Crippen molar-refractivity contribution in [3.05, 3.63) is 53.5 Å². The van der Waals surface area contributed by atoms with Gasteiger partial charge in [-0.25, -0.2) is 4.98 Å². The molecule has 3 rings (SSSR count). The molecular formula is C19H17ClF3N3OS. The van der Waals surface area contributed by atoms with Crippen LogP contribution in [-0.2, 0) is 5.41 Å². The number of oxazole rings is 1. The van der Waals surface area contributed by atoms with Crippen molar-refractivity contribution in [2.24, 2.45) is 0 Å². The minimum atomic E-state index is -4.39. The zero-order chi connectivity index (χ0) is 20.5. The van der Waals surface area contributed by atoms with Gasteiger partial charge in [0.1, 0.15) is 12.0 Å². The third-order valence-corrected chi connectivity index (χ3v) is 4.69. The van der Waals surface area contributed by atoms with Crippen molar-refractivity contribution in [1.29, 1.82) is 0 Å². The molecule has 1 aromatic carbocycles. The average Bonchev–Trinajstić information content (AvgIpc) is 3.08. The average molecular weight is 428 g/mol. The van der Waals surface area contributed by atoms with Crippen LogP contribution in [0.2, 0.25) is 5.02 Å². The van der Waals surface area contributed by atoms with Gasteiger partial charge in [-0.05, 0) is 30.3 Å². The van der Waals surface area contributed by atoms with Crippen LogP contribution in [0.15, 0.2) is 47.2 Å². The van der Waals surface area contributed by atoms with Gasteiger partial charge in [0.05, 0.1) is 22.5 Å². The van der Waals surface area contributed by atoms with Crippen molar-refractivity contribution in [2.45, 2.75) is 31.7 Å². The van der Waals surface area contributed by atoms with E-state index in [1.165, 1.54) is 18.4 Å². The summed E-state index contributed by atoms with van der Waals surface area (Å²) < 4.78 is 44.6. The van der Waals surface area contributed by atoms with Gasteiger partial charge in [0, 0.05) is 28.6 Å². The molecule has 0 radical (unpaired) electrons. The Hall–Kier alpha value is -2.19. The number of benzene rings is 1. The van der Waals surface area contributed by atoms with Crippen molar-refractivity contribution in [1.82, 2.24) is 9.97 Å². The number of nitrogens with zero attached hydrogens (tertiary/aromatic N) is 2. The molecule has 1 N–H and O–H groups in total. The van der Waals surface area contributed by atoms with Crippen LogP contribution in [0, 0.1) is 0 Å². The second-order valence-electron chi connectivity index (χ2n) is 7.06. The Kier molecular flexibility index (Phi) is 5.63. The molecule has 0 spiro atoms. The molecule has 3 aromatic rings. The Morgan fingerprint density at radius 1 is 1.11 bits per heavy atom. The lowest BCUT2D eigenvalue weighted by Gasteiger charge is -2.17. The summed E-state index contributed by atoms with van der Waals surface area (Å²) in [4.78, 5) is 8.86. The number of pyridine rings is 1. The van der Waals surface area contributed by atoms with Crippen LogP contribution < -0.4 is 4.72 Å². The molecule has 2 heterocycles. The monoisotopic (exact) mass is 427 g/mol. The van der Waals surface area contributed by atoms with Gasteiger partial charge in [0.15, 0.2) is 0 Å². The molecule has 0 aliphatic carbocycles. The van der Waals surface area contributed by atoms with Crippen LogP contribution in [-0.4, -0.2) is 15.5 Å². The fraction of sp³-hybridized carbons (Fsp3) is 0.263. The summed E-state index contributed by atoms with van der Waals surface area (Å²) in [6.45, 7) is 6.21. The second-order valence-corrected chi connectivity index (χ2v) is 8.34. The third kappa shape index (κ3) is 4.99. The van der Waals surface area contributed by atoms with Crippen LogP contribution in [0.1, 0.15) is 26.5 Å². The molecule has 28 heavy (non-hydrogen) atoms. The molecule has 148 valence electrons. The van der Waals surface area contributed by atoms with E-state index < -0.39 is 5.51 Å². The van der Waals surface area contributed by atoms with Gasteiger partial charge < -0.3 is 9.14 Å². The molecule has 0 aliphatic rings. The van der Waals surface area contributed by atoms with Gasteiger partial charge >= 0.3 is 5.51 Å². The molecule has 9 heteroatoms. The standard InChI is InChI=1S/C19H17ClF3N3OS/c1-18(2,3)16-8-11(6-7-24-16)15-10-27-17(25-15)13-5-4-12(9-14(13)20)26-28-19(21,22)23/h4-10,26H,1-3H3. The Morgan fingerprint density at radius 3 is 2.50 bits per heavy atom. The van der Waals surface area contributed by atoms with Gasteiger partial charge in [-0.15, -0.1) is 0 Å². The summed E-state index contributed by atoms with van der Waals surface area (Å²) in [7, 11) is 0. The first kappa shape index (κ1) is 20.5. The van der Waals surface area contributed by atoms with E-state index in [2.05, 4.69) is 35.5 Å². The molecule has 0 saturated carbocycles. The van der Waals surface area contributed by atoms with E-state index in [4.69, 9.17) is 16.0 Å². The van der Waals surface area contributed by atoms with E-state index >= 15 is 0 Å². The summed E-state index contributed by atoms with van der Waals surface area (Å²) in [5.41, 5.74) is -1.39. The second kappa shape index (κ2) is 7.67. The number of anilines is 1. The Bertz CT molecular complexity index is 983. The Morgan fingerprint density at radius 2 is 1.86 bits per heavy atom. The highest BCUT2D eigenvalue weighted by atomic mass is 35.5. The predicted molar refractivity (Wildman–Crippen MR) is 106 cm³/mol. The normalized spacial score (nSPS) is 12.2. The number of nitrogens with one attached hydrogen (secondary N) is 1. The van der Waals surface area contributed by atoms with Crippen molar-refractivity contribution in [3.63, 3.8) is 0 Å². The number of hydrogen-bond donors (Lipinski definition) is 1. The maximum absolute atomic E-state index is 12.3. The largest absolute Gasteiger partial charge is 0.461 e. The summed E-state index contributed by atoms with van der Waals surface area (Å²) >= 11 is 5.86. The highest BCUT2D eigenvalue weighted by Crippen LogP contribution is 2.35. The highest BCUT2D eigenvalue weighted by molar-refractivity contribution is 8.01. The number of aromatic nitrogens is 2. The van der Waals surface area contributed by atoms with Crippen molar-refractivity contribution in [2.75, 3.05) is 4.72 Å². The fourth-order valence-electron chi connectivity index (χ4n) is 2.40. The first-order valence-electron chi connectivity index (χ1n) is 8.26. The summed E-state index contributed by atoms with van der Waals surface area (Å²) in [6.07, 6.45) is 3.23. The van der Waals surface area contributed by atoms with Crippen LogP contribution in [0.3, 0.4) is 0 Å². The van der Waals surface area contributed by atoms with E-state index in [-0.39, 0.29) is 34.0 Å². The fourth-order valence-corrected chi connectivity index (χ4v) is 3.02. The maximum atomic E-state index is 12.3. The molecule has 0 fully saturated rings. The summed E-state index contributed by atoms with van der Waals surface area (Å²) in [5.74, 6) is 0.282. The van der Waals surface area contributed by atoms with Crippen LogP contribution >= 0.6 is 23.5 Å². The van der Waals surface area contributed by atoms with E-state index in [1.807, 2.05) is 12.1 Å². The lowest BCUT2D eigenvalue weighted by atomic mass is 9.90. The van der Waals surface area contributed by atoms with Crippen LogP contribution in [0.5, 0.6) is 0 Å². The topological polar surface area (TPSA) is 51.0 Å². The van der Waals surface area contributed by atoms with E-state index in [0.717, 1.165) is 11.3 Å². The van der Waals surface area contributed by atoms with Gasteiger partial charge in [0.2, 0.25) is 5.89 Å². The maximum Gasteiger partial charge on any atom is 0.461 e. The molecule has 0 atom stereocenters. The zero-order valence-corrected chi connectivity index (χ0v) is 16.8. The SMILES string of the molecule is CC(C)(C)c1cc(-c2coc(-c3ccc(NSC(F)(F)F)cc3Cl)n2)ccn1. The smallest absolute Gasteiger partial charge is 0.444 e. The third-order valence-electron chi connectivity index (χ3n) is 3.81. The summed E-state index contributed by atoms with van der Waals surface area (Å²) in [6, 6.07) is 8.21. The Labute approximate surface area is 169 Å². The van der Waals surface area contributed by atoms with Crippen LogP contribution in [0.4, 0.5) is 18.9 Å². The minimum Gasteiger partial charge on any atom is -0.444 e.